The van der Waals surface area contributed by atoms with Crippen molar-refractivity contribution in [3.05, 3.63) is 49.6 Å². The number of aryl methyl sites for hydroxylation is 1. The van der Waals surface area contributed by atoms with Crippen molar-refractivity contribution in [2.24, 2.45) is 0 Å². The standard InChI is InChI=1S/C14H16BrNO3S2/c1-9-5-11(8-17)6-14(10(9)2)21(18,19)16-7-13-12(15)3-4-20-13/h3-6,16-17H,7-8H2,1-2H3. The molecule has 0 atom stereocenters. The van der Waals surface area contributed by atoms with E-state index in [0.29, 0.717) is 11.1 Å². The fourth-order valence-corrected chi connectivity index (χ4v) is 4.84. The van der Waals surface area contributed by atoms with Crippen LogP contribution in [0, 0.1) is 13.8 Å². The van der Waals surface area contributed by atoms with Crippen LogP contribution in [-0.2, 0) is 23.2 Å². The molecule has 0 bridgehead atoms. The number of halogens is 1. The van der Waals surface area contributed by atoms with E-state index in [1.165, 1.54) is 17.4 Å². The van der Waals surface area contributed by atoms with Gasteiger partial charge < -0.3 is 5.11 Å². The molecule has 0 amide bonds. The molecule has 0 aliphatic carbocycles. The van der Waals surface area contributed by atoms with Crippen molar-refractivity contribution >= 4 is 37.3 Å². The highest BCUT2D eigenvalue weighted by molar-refractivity contribution is 9.10. The summed E-state index contributed by atoms with van der Waals surface area (Å²) in [6.07, 6.45) is 0. The van der Waals surface area contributed by atoms with Gasteiger partial charge in [-0.1, -0.05) is 6.07 Å². The van der Waals surface area contributed by atoms with Gasteiger partial charge in [-0.3, -0.25) is 0 Å². The van der Waals surface area contributed by atoms with Crippen LogP contribution in [0.5, 0.6) is 0 Å². The van der Waals surface area contributed by atoms with Gasteiger partial charge in [-0.15, -0.1) is 11.3 Å². The van der Waals surface area contributed by atoms with Gasteiger partial charge in [-0.25, -0.2) is 13.1 Å². The number of hydrogen-bond donors (Lipinski definition) is 2. The van der Waals surface area contributed by atoms with Crippen molar-refractivity contribution in [3.63, 3.8) is 0 Å². The van der Waals surface area contributed by atoms with Crippen molar-refractivity contribution in [1.29, 1.82) is 0 Å². The Morgan fingerprint density at radius 2 is 2.05 bits per heavy atom. The van der Waals surface area contributed by atoms with Crippen LogP contribution in [0.15, 0.2) is 32.9 Å². The number of benzene rings is 1. The molecule has 2 N–H and O–H groups in total. The summed E-state index contributed by atoms with van der Waals surface area (Å²) in [7, 11) is -3.61. The van der Waals surface area contributed by atoms with Gasteiger partial charge in [0.15, 0.2) is 0 Å². The van der Waals surface area contributed by atoms with Gasteiger partial charge in [-0.2, -0.15) is 0 Å². The maximum absolute atomic E-state index is 12.5. The minimum atomic E-state index is -3.61. The van der Waals surface area contributed by atoms with Crippen molar-refractivity contribution in [1.82, 2.24) is 4.72 Å². The SMILES string of the molecule is Cc1cc(CO)cc(S(=O)(=O)NCc2sccc2Br)c1C. The summed E-state index contributed by atoms with van der Waals surface area (Å²) in [6.45, 7) is 3.66. The summed E-state index contributed by atoms with van der Waals surface area (Å²) >= 11 is 4.87. The number of thiophene rings is 1. The topological polar surface area (TPSA) is 66.4 Å². The van der Waals surface area contributed by atoms with Crippen LogP contribution in [0.25, 0.3) is 0 Å². The van der Waals surface area contributed by atoms with Crippen molar-refractivity contribution in [2.75, 3.05) is 0 Å². The first-order chi connectivity index (χ1) is 9.85. The molecule has 0 unspecified atom stereocenters. The molecule has 0 fully saturated rings. The molecule has 2 aromatic rings. The summed E-state index contributed by atoms with van der Waals surface area (Å²) in [4.78, 5) is 1.14. The van der Waals surface area contributed by atoms with E-state index in [-0.39, 0.29) is 18.0 Å². The van der Waals surface area contributed by atoms with E-state index in [4.69, 9.17) is 0 Å². The minimum absolute atomic E-state index is 0.180. The molecule has 1 aromatic heterocycles. The summed E-state index contributed by atoms with van der Waals surface area (Å²) < 4.78 is 28.5. The van der Waals surface area contributed by atoms with Crippen molar-refractivity contribution < 1.29 is 13.5 Å². The lowest BCUT2D eigenvalue weighted by Gasteiger charge is -2.12. The third kappa shape index (κ3) is 3.73. The van der Waals surface area contributed by atoms with Crippen molar-refractivity contribution in [2.45, 2.75) is 31.9 Å². The second-order valence-corrected chi connectivity index (χ2v) is 8.30. The van der Waals surface area contributed by atoms with E-state index in [2.05, 4.69) is 20.7 Å². The Labute approximate surface area is 137 Å². The minimum Gasteiger partial charge on any atom is -0.392 e. The zero-order valence-electron chi connectivity index (χ0n) is 11.7. The lowest BCUT2D eigenvalue weighted by atomic mass is 10.1. The van der Waals surface area contributed by atoms with Gasteiger partial charge in [0, 0.05) is 15.9 Å². The van der Waals surface area contributed by atoms with E-state index >= 15 is 0 Å². The molecule has 1 heterocycles. The summed E-state index contributed by atoms with van der Waals surface area (Å²) in [5.41, 5.74) is 2.14. The Bertz CT molecular complexity index is 754. The Kier molecular flexibility index (Phi) is 5.21. The number of hydrogen-bond acceptors (Lipinski definition) is 4. The van der Waals surface area contributed by atoms with Gasteiger partial charge in [0.05, 0.1) is 11.5 Å². The zero-order valence-corrected chi connectivity index (χ0v) is 14.9. The molecule has 0 spiro atoms. The third-order valence-electron chi connectivity index (χ3n) is 3.27. The molecular formula is C14H16BrNO3S2. The van der Waals surface area contributed by atoms with Crippen LogP contribution in [0.1, 0.15) is 21.6 Å². The average molecular weight is 390 g/mol. The Balaban J connectivity index is 2.31. The molecule has 7 heteroatoms. The fraction of sp³-hybridized carbons (Fsp3) is 0.286. The number of sulfonamides is 1. The van der Waals surface area contributed by atoms with Gasteiger partial charge >= 0.3 is 0 Å². The smallest absolute Gasteiger partial charge is 0.241 e. The van der Waals surface area contributed by atoms with E-state index in [9.17, 15) is 13.5 Å². The number of rotatable bonds is 5. The average Bonchev–Trinajstić information content (AvgIpc) is 2.84. The highest BCUT2D eigenvalue weighted by Gasteiger charge is 2.19. The van der Waals surface area contributed by atoms with Crippen LogP contribution in [0.3, 0.4) is 0 Å². The molecule has 4 nitrogen and oxygen atoms in total. The zero-order chi connectivity index (χ0) is 15.6. The van der Waals surface area contributed by atoms with E-state index < -0.39 is 10.0 Å². The van der Waals surface area contributed by atoms with Gasteiger partial charge in [0.25, 0.3) is 0 Å². The second-order valence-electron chi connectivity index (χ2n) is 4.71. The number of nitrogens with one attached hydrogen (secondary N) is 1. The Morgan fingerprint density at radius 3 is 2.62 bits per heavy atom. The van der Waals surface area contributed by atoms with E-state index in [0.717, 1.165) is 14.9 Å². The molecule has 0 saturated carbocycles. The van der Waals surface area contributed by atoms with E-state index in [1.54, 1.807) is 13.0 Å². The maximum atomic E-state index is 12.5. The highest BCUT2D eigenvalue weighted by atomic mass is 79.9. The first kappa shape index (κ1) is 16.6. The molecule has 0 aliphatic rings. The summed E-state index contributed by atoms with van der Waals surface area (Å²) in [6, 6.07) is 5.20. The van der Waals surface area contributed by atoms with Gasteiger partial charge in [0.1, 0.15) is 0 Å². The normalized spacial score (nSPS) is 11.8. The van der Waals surface area contributed by atoms with Crippen LogP contribution >= 0.6 is 27.3 Å². The highest BCUT2D eigenvalue weighted by Crippen LogP contribution is 2.24. The first-order valence-corrected chi connectivity index (χ1v) is 9.43. The van der Waals surface area contributed by atoms with Gasteiger partial charge in [-0.05, 0) is 64.0 Å². The molecule has 1 aromatic carbocycles. The molecule has 21 heavy (non-hydrogen) atoms. The van der Waals surface area contributed by atoms with Crippen LogP contribution in [0.2, 0.25) is 0 Å². The molecular weight excluding hydrogens is 374 g/mol. The predicted molar refractivity (Wildman–Crippen MR) is 87.9 cm³/mol. The van der Waals surface area contributed by atoms with E-state index in [1.807, 2.05) is 18.4 Å². The Morgan fingerprint density at radius 1 is 1.33 bits per heavy atom. The van der Waals surface area contributed by atoms with Crippen LogP contribution < -0.4 is 4.72 Å². The lowest BCUT2D eigenvalue weighted by Crippen LogP contribution is -2.24. The monoisotopic (exact) mass is 389 g/mol. The molecule has 2 rings (SSSR count). The predicted octanol–water partition coefficient (Wildman–Crippen LogP) is 3.10. The molecule has 0 saturated heterocycles. The number of aliphatic hydroxyl groups excluding tert-OH is 1. The quantitative estimate of drug-likeness (QED) is 0.825. The fourth-order valence-electron chi connectivity index (χ4n) is 1.96. The second kappa shape index (κ2) is 6.58. The summed E-state index contributed by atoms with van der Waals surface area (Å²) in [5, 5.41) is 11.1. The summed E-state index contributed by atoms with van der Waals surface area (Å²) in [5.74, 6) is 0. The maximum Gasteiger partial charge on any atom is 0.241 e. The third-order valence-corrected chi connectivity index (χ3v) is 6.72. The lowest BCUT2D eigenvalue weighted by molar-refractivity contribution is 0.281. The molecule has 114 valence electrons. The first-order valence-electron chi connectivity index (χ1n) is 6.27. The van der Waals surface area contributed by atoms with Crippen LogP contribution in [0.4, 0.5) is 0 Å². The van der Waals surface area contributed by atoms with Crippen LogP contribution in [-0.4, -0.2) is 13.5 Å². The largest absolute Gasteiger partial charge is 0.392 e. The molecule has 0 radical (unpaired) electrons. The van der Waals surface area contributed by atoms with Crippen molar-refractivity contribution in [3.8, 4) is 0 Å². The Hall–Kier alpha value is -0.730. The molecule has 0 aliphatic heterocycles. The number of aliphatic hydroxyl groups is 1. The van der Waals surface area contributed by atoms with Gasteiger partial charge in [0.2, 0.25) is 10.0 Å².